The largest absolute Gasteiger partial charge is 0.507 e. The maximum Gasteiger partial charge on any atom is 0.339 e. The van der Waals surface area contributed by atoms with Crippen molar-refractivity contribution in [2.75, 3.05) is 11.9 Å². The highest BCUT2D eigenvalue weighted by molar-refractivity contribution is 8.26. The molecule has 10 heteroatoms. The van der Waals surface area contributed by atoms with Crippen LogP contribution in [-0.2, 0) is 9.59 Å². The zero-order valence-electron chi connectivity index (χ0n) is 15.3. The zero-order chi connectivity index (χ0) is 21.8. The van der Waals surface area contributed by atoms with Crippen molar-refractivity contribution in [1.82, 2.24) is 4.90 Å². The van der Waals surface area contributed by atoms with E-state index in [4.69, 9.17) is 17.3 Å². The van der Waals surface area contributed by atoms with Gasteiger partial charge in [-0.25, -0.2) is 9.18 Å². The first-order valence-corrected chi connectivity index (χ1v) is 9.84. The molecule has 0 saturated carbocycles. The normalized spacial score (nSPS) is 15.0. The Kier molecular flexibility index (Phi) is 6.48. The maximum atomic E-state index is 13.3. The summed E-state index contributed by atoms with van der Waals surface area (Å²) < 4.78 is 13.6. The van der Waals surface area contributed by atoms with E-state index in [1.807, 2.05) is 0 Å². The predicted octanol–water partition coefficient (Wildman–Crippen LogP) is 3.46. The molecule has 7 nitrogen and oxygen atoms in total. The summed E-state index contributed by atoms with van der Waals surface area (Å²) in [5.41, 5.74) is 0.383. The fourth-order valence-electron chi connectivity index (χ4n) is 2.66. The number of phenols is 1. The number of anilines is 1. The van der Waals surface area contributed by atoms with Gasteiger partial charge in [0.15, 0.2) is 0 Å². The number of benzene rings is 2. The number of thioether (sulfide) groups is 1. The minimum absolute atomic E-state index is 0.0286. The minimum atomic E-state index is -1.33. The molecular formula is C20H15FN2O5S2. The molecular weight excluding hydrogens is 431 g/mol. The number of rotatable bonds is 6. The molecule has 0 bridgehead atoms. The number of aromatic hydroxyl groups is 1. The Morgan fingerprint density at radius 2 is 2.00 bits per heavy atom. The third-order valence-corrected chi connectivity index (χ3v) is 5.47. The van der Waals surface area contributed by atoms with Gasteiger partial charge >= 0.3 is 5.97 Å². The smallest absolute Gasteiger partial charge is 0.339 e. The number of nitrogens with one attached hydrogen (secondary N) is 1. The Balaban J connectivity index is 1.62. The lowest BCUT2D eigenvalue weighted by Crippen LogP contribution is -2.31. The maximum absolute atomic E-state index is 13.3. The number of hydrogen-bond acceptors (Lipinski definition) is 6. The van der Waals surface area contributed by atoms with Crippen molar-refractivity contribution in [3.8, 4) is 5.75 Å². The number of carboxylic acid groups (broad SMARTS) is 1. The van der Waals surface area contributed by atoms with Crippen LogP contribution >= 0.6 is 24.0 Å². The number of hydrogen-bond donors (Lipinski definition) is 3. The van der Waals surface area contributed by atoms with Crippen molar-refractivity contribution in [3.05, 3.63) is 64.3 Å². The first kappa shape index (κ1) is 21.5. The Hall–Kier alpha value is -3.24. The molecule has 1 saturated heterocycles. The van der Waals surface area contributed by atoms with Crippen LogP contribution in [0.25, 0.3) is 6.08 Å². The lowest BCUT2D eigenvalue weighted by atomic mass is 10.1. The van der Waals surface area contributed by atoms with Crippen molar-refractivity contribution in [3.63, 3.8) is 0 Å². The number of aromatic carboxylic acids is 1. The molecule has 3 N–H and O–H groups in total. The average molecular weight is 446 g/mol. The molecule has 1 aliphatic heterocycles. The topological polar surface area (TPSA) is 107 Å². The summed E-state index contributed by atoms with van der Waals surface area (Å²) >= 11 is 6.27. The molecule has 0 spiro atoms. The second-order valence-corrected chi connectivity index (χ2v) is 7.90. The van der Waals surface area contributed by atoms with Crippen molar-refractivity contribution in [2.24, 2.45) is 0 Å². The van der Waals surface area contributed by atoms with E-state index in [0.29, 0.717) is 10.5 Å². The number of amides is 2. The van der Waals surface area contributed by atoms with E-state index in [-0.39, 0.29) is 34.4 Å². The van der Waals surface area contributed by atoms with E-state index >= 15 is 0 Å². The minimum Gasteiger partial charge on any atom is -0.507 e. The molecule has 1 fully saturated rings. The molecule has 2 aromatic carbocycles. The zero-order valence-corrected chi connectivity index (χ0v) is 16.9. The van der Waals surface area contributed by atoms with Crippen LogP contribution in [-0.4, -0.2) is 43.8 Å². The van der Waals surface area contributed by atoms with Crippen LogP contribution in [0.3, 0.4) is 0 Å². The Morgan fingerprint density at radius 3 is 2.70 bits per heavy atom. The molecule has 154 valence electrons. The third kappa shape index (κ3) is 5.02. The summed E-state index contributed by atoms with van der Waals surface area (Å²) in [6.45, 7) is 0.0286. The van der Waals surface area contributed by atoms with Gasteiger partial charge in [-0.05, 0) is 42.0 Å². The van der Waals surface area contributed by atoms with E-state index in [2.05, 4.69) is 5.32 Å². The first-order valence-electron chi connectivity index (χ1n) is 8.61. The lowest BCUT2D eigenvalue weighted by Gasteiger charge is -2.14. The van der Waals surface area contributed by atoms with Crippen molar-refractivity contribution in [1.29, 1.82) is 0 Å². The second kappa shape index (κ2) is 9.06. The quantitative estimate of drug-likeness (QED) is 0.354. The summed E-state index contributed by atoms with van der Waals surface area (Å²) in [4.78, 5) is 37.4. The predicted molar refractivity (Wildman–Crippen MR) is 115 cm³/mol. The molecule has 0 aliphatic carbocycles. The van der Waals surface area contributed by atoms with Gasteiger partial charge in [0.05, 0.1) is 4.91 Å². The molecule has 1 heterocycles. The number of halogens is 1. The molecule has 0 radical (unpaired) electrons. The van der Waals surface area contributed by atoms with Crippen LogP contribution in [0.4, 0.5) is 10.1 Å². The van der Waals surface area contributed by atoms with Crippen LogP contribution in [0.5, 0.6) is 5.75 Å². The van der Waals surface area contributed by atoms with Gasteiger partial charge < -0.3 is 15.5 Å². The Bertz CT molecular complexity index is 1090. The van der Waals surface area contributed by atoms with Crippen LogP contribution < -0.4 is 5.32 Å². The molecule has 0 atom stereocenters. The number of nitrogens with zero attached hydrogens (tertiary/aromatic N) is 1. The molecule has 1 aliphatic rings. The molecule has 3 rings (SSSR count). The summed E-state index contributed by atoms with van der Waals surface area (Å²) in [6.07, 6.45) is 1.45. The number of carboxylic acids is 1. The van der Waals surface area contributed by atoms with Gasteiger partial charge in [0, 0.05) is 18.7 Å². The van der Waals surface area contributed by atoms with Crippen LogP contribution in [0, 0.1) is 5.82 Å². The van der Waals surface area contributed by atoms with Crippen molar-refractivity contribution >= 4 is 57.8 Å². The Labute approximate surface area is 180 Å². The van der Waals surface area contributed by atoms with E-state index in [1.165, 1.54) is 35.2 Å². The van der Waals surface area contributed by atoms with Gasteiger partial charge in [0.2, 0.25) is 5.91 Å². The van der Waals surface area contributed by atoms with Gasteiger partial charge in [-0.15, -0.1) is 0 Å². The summed E-state index contributed by atoms with van der Waals surface area (Å²) in [5.74, 6) is -2.99. The third-order valence-electron chi connectivity index (χ3n) is 4.09. The highest BCUT2D eigenvalue weighted by Gasteiger charge is 2.32. The van der Waals surface area contributed by atoms with Gasteiger partial charge in [-0.3, -0.25) is 14.5 Å². The van der Waals surface area contributed by atoms with Gasteiger partial charge in [-0.2, -0.15) is 0 Å². The van der Waals surface area contributed by atoms with Gasteiger partial charge in [-0.1, -0.05) is 36.1 Å². The number of thiocarbonyl (C=S) groups is 1. The van der Waals surface area contributed by atoms with Crippen molar-refractivity contribution < 1.29 is 29.0 Å². The summed E-state index contributed by atoms with van der Waals surface area (Å²) in [5, 5.41) is 21.0. The van der Waals surface area contributed by atoms with Crippen molar-refractivity contribution in [2.45, 2.75) is 6.42 Å². The van der Waals surface area contributed by atoms with Crippen LogP contribution in [0.2, 0.25) is 0 Å². The Morgan fingerprint density at radius 1 is 1.23 bits per heavy atom. The SMILES string of the molecule is O=C(CCN1C(=O)/C(=C\c2cccc(F)c2)SC1=S)Nc1ccc(O)c(C(=O)O)c1. The van der Waals surface area contributed by atoms with Crippen LogP contribution in [0.15, 0.2) is 47.4 Å². The average Bonchev–Trinajstić information content (AvgIpc) is 2.94. The highest BCUT2D eigenvalue weighted by Crippen LogP contribution is 2.32. The molecule has 2 aromatic rings. The van der Waals surface area contributed by atoms with E-state index in [0.717, 1.165) is 23.9 Å². The van der Waals surface area contributed by atoms with E-state index in [9.17, 15) is 23.9 Å². The molecule has 0 unspecified atom stereocenters. The lowest BCUT2D eigenvalue weighted by molar-refractivity contribution is -0.122. The summed E-state index contributed by atoms with van der Waals surface area (Å²) in [6, 6.07) is 9.45. The number of carbonyl (C=O) groups is 3. The monoisotopic (exact) mass is 446 g/mol. The number of carbonyl (C=O) groups excluding carboxylic acids is 2. The first-order chi connectivity index (χ1) is 14.2. The van der Waals surface area contributed by atoms with E-state index in [1.54, 1.807) is 6.07 Å². The molecule has 2 amide bonds. The fraction of sp³-hybridized carbons (Fsp3) is 0.100. The molecule has 30 heavy (non-hydrogen) atoms. The molecule has 0 aromatic heterocycles. The van der Waals surface area contributed by atoms with Gasteiger partial charge in [0.25, 0.3) is 5.91 Å². The van der Waals surface area contributed by atoms with E-state index < -0.39 is 23.4 Å². The second-order valence-electron chi connectivity index (χ2n) is 6.22. The van der Waals surface area contributed by atoms with Crippen LogP contribution in [0.1, 0.15) is 22.3 Å². The fourth-order valence-corrected chi connectivity index (χ4v) is 3.97. The summed E-state index contributed by atoms with van der Waals surface area (Å²) in [7, 11) is 0. The highest BCUT2D eigenvalue weighted by atomic mass is 32.2. The standard InChI is InChI=1S/C20H15FN2O5S2/c21-12-3-1-2-11(8-12)9-16-18(26)23(20(29)30-16)7-6-17(25)22-13-4-5-15(24)14(10-13)19(27)28/h1-5,8-10,24H,6-7H2,(H,22,25)(H,27,28)/b16-9+. The van der Waals surface area contributed by atoms with Gasteiger partial charge in [0.1, 0.15) is 21.5 Å².